The molecule has 3 rings (SSSR count). The second-order valence-electron chi connectivity index (χ2n) is 11.4. The van der Waals surface area contributed by atoms with Gasteiger partial charge in [0.05, 0.1) is 13.1 Å². The fraction of sp³-hybridized carbons (Fsp3) is 0.500. The number of nitrogens with zero attached hydrogens (tertiary/aromatic N) is 4. The highest BCUT2D eigenvalue weighted by molar-refractivity contribution is 6.31. The zero-order valence-electron chi connectivity index (χ0n) is 24.7. The van der Waals surface area contributed by atoms with Gasteiger partial charge in [0.1, 0.15) is 5.60 Å². The number of rotatable bonds is 10. The number of ether oxygens (including phenoxy) is 1. The van der Waals surface area contributed by atoms with Gasteiger partial charge in [-0.3, -0.25) is 19.9 Å². The van der Waals surface area contributed by atoms with E-state index in [2.05, 4.69) is 17.4 Å². The van der Waals surface area contributed by atoms with Crippen LogP contribution in [-0.4, -0.2) is 77.7 Å². The summed E-state index contributed by atoms with van der Waals surface area (Å²) in [6, 6.07) is 13.4. The van der Waals surface area contributed by atoms with Crippen LogP contribution < -0.4 is 10.2 Å². The number of carbonyl (C=O) groups excluding carboxylic acids is 3. The van der Waals surface area contributed by atoms with Gasteiger partial charge in [-0.1, -0.05) is 41.9 Å². The SMILES string of the molecule is Cc1ccc(Cl)cc1N(CCN(C(=O)OC(C)(C)C)C(C)C)C(=O)CNCC(=O)N(C)N1Cc2ccccc2C1. The van der Waals surface area contributed by atoms with E-state index in [1.807, 2.05) is 64.8 Å². The summed E-state index contributed by atoms with van der Waals surface area (Å²) in [7, 11) is 1.75. The molecule has 0 unspecified atom stereocenters. The zero-order valence-corrected chi connectivity index (χ0v) is 25.4. The smallest absolute Gasteiger partial charge is 0.410 e. The summed E-state index contributed by atoms with van der Waals surface area (Å²) in [4.78, 5) is 42.5. The number of halogens is 1. The van der Waals surface area contributed by atoms with Crippen molar-refractivity contribution in [2.75, 3.05) is 38.1 Å². The summed E-state index contributed by atoms with van der Waals surface area (Å²) >= 11 is 6.29. The van der Waals surface area contributed by atoms with Gasteiger partial charge in [0.15, 0.2) is 0 Å². The average Bonchev–Trinajstić information content (AvgIpc) is 3.30. The van der Waals surface area contributed by atoms with E-state index in [-0.39, 0.29) is 44.0 Å². The Morgan fingerprint density at radius 2 is 1.60 bits per heavy atom. The Kier molecular flexibility index (Phi) is 10.6. The molecule has 3 amide bonds. The lowest BCUT2D eigenvalue weighted by atomic mass is 10.1. The van der Waals surface area contributed by atoms with Crippen molar-refractivity contribution in [2.45, 2.75) is 66.3 Å². The number of hydrazine groups is 1. The van der Waals surface area contributed by atoms with Gasteiger partial charge in [-0.05, 0) is 70.4 Å². The van der Waals surface area contributed by atoms with Gasteiger partial charge >= 0.3 is 6.09 Å². The number of amides is 3. The van der Waals surface area contributed by atoms with Crippen molar-refractivity contribution in [3.63, 3.8) is 0 Å². The average molecular weight is 572 g/mol. The van der Waals surface area contributed by atoms with Gasteiger partial charge in [0.2, 0.25) is 5.91 Å². The summed E-state index contributed by atoms with van der Waals surface area (Å²) in [6.07, 6.45) is -0.437. The van der Waals surface area contributed by atoms with Gasteiger partial charge in [0.25, 0.3) is 5.91 Å². The molecule has 2 aromatic rings. The van der Waals surface area contributed by atoms with E-state index in [4.69, 9.17) is 16.3 Å². The maximum absolute atomic E-state index is 13.5. The van der Waals surface area contributed by atoms with Crippen molar-refractivity contribution in [1.29, 1.82) is 0 Å². The monoisotopic (exact) mass is 571 g/mol. The molecule has 0 saturated carbocycles. The lowest BCUT2D eigenvalue weighted by molar-refractivity contribution is -0.145. The molecular formula is C30H42ClN5O4. The molecule has 1 aliphatic heterocycles. The summed E-state index contributed by atoms with van der Waals surface area (Å²) < 4.78 is 5.58. The first-order chi connectivity index (χ1) is 18.8. The number of likely N-dealkylation sites (N-methyl/N-ethyl adjacent to an activating group) is 1. The Labute approximate surface area is 243 Å². The quantitative estimate of drug-likeness (QED) is 0.448. The molecule has 0 radical (unpaired) electrons. The Morgan fingerprint density at radius 3 is 2.17 bits per heavy atom. The van der Waals surface area contributed by atoms with Crippen LogP contribution in [0.3, 0.4) is 0 Å². The number of benzene rings is 2. The standard InChI is InChI=1S/C30H42ClN5O4/c1-21(2)35(29(39)40-30(4,5)6)14-15-36(26-16-25(31)13-12-22(26)3)28(38)18-32-17-27(37)33(7)34-19-23-10-8-9-11-24(23)20-34/h8-13,16,21,32H,14-15,17-20H2,1-7H3. The van der Waals surface area contributed by atoms with E-state index in [0.29, 0.717) is 23.8 Å². The van der Waals surface area contributed by atoms with Gasteiger partial charge in [-0.15, -0.1) is 0 Å². The van der Waals surface area contributed by atoms with Crippen LogP contribution >= 0.6 is 11.6 Å². The first-order valence-electron chi connectivity index (χ1n) is 13.6. The maximum atomic E-state index is 13.5. The van der Waals surface area contributed by atoms with Gasteiger partial charge in [-0.25, -0.2) is 9.80 Å². The molecule has 2 aromatic carbocycles. The fourth-order valence-corrected chi connectivity index (χ4v) is 4.68. The number of hydrogen-bond acceptors (Lipinski definition) is 6. The highest BCUT2D eigenvalue weighted by Gasteiger charge is 2.27. The van der Waals surface area contributed by atoms with E-state index in [0.717, 1.165) is 5.56 Å². The minimum absolute atomic E-state index is 0.00742. The van der Waals surface area contributed by atoms with Crippen molar-refractivity contribution in [3.05, 3.63) is 64.2 Å². The second kappa shape index (κ2) is 13.5. The predicted molar refractivity (Wildman–Crippen MR) is 158 cm³/mol. The minimum atomic E-state index is -0.634. The van der Waals surface area contributed by atoms with Gasteiger partial charge < -0.3 is 14.5 Å². The molecule has 0 atom stereocenters. The van der Waals surface area contributed by atoms with E-state index in [1.165, 1.54) is 11.1 Å². The molecule has 0 fully saturated rings. The van der Waals surface area contributed by atoms with Crippen molar-refractivity contribution < 1.29 is 19.1 Å². The Hall–Kier alpha value is -3.14. The summed E-state index contributed by atoms with van der Waals surface area (Å²) in [6.45, 7) is 13.0. The molecule has 0 aliphatic carbocycles. The van der Waals surface area contributed by atoms with Crippen LogP contribution in [0.5, 0.6) is 0 Å². The highest BCUT2D eigenvalue weighted by Crippen LogP contribution is 2.25. The molecule has 9 nitrogen and oxygen atoms in total. The summed E-state index contributed by atoms with van der Waals surface area (Å²) in [5.74, 6) is -0.371. The van der Waals surface area contributed by atoms with E-state index in [9.17, 15) is 14.4 Å². The van der Waals surface area contributed by atoms with Gasteiger partial charge in [0, 0.05) is 50.0 Å². The molecule has 1 N–H and O–H groups in total. The van der Waals surface area contributed by atoms with Crippen molar-refractivity contribution in [3.8, 4) is 0 Å². The molecule has 0 bridgehead atoms. The molecule has 0 spiro atoms. The number of anilines is 1. The third-order valence-corrected chi connectivity index (χ3v) is 6.98. The van der Waals surface area contributed by atoms with Crippen LogP contribution in [0.2, 0.25) is 5.02 Å². The lowest BCUT2D eigenvalue weighted by Crippen LogP contribution is -2.49. The normalized spacial score (nSPS) is 13.2. The number of carbonyl (C=O) groups is 3. The Morgan fingerprint density at radius 1 is 1.00 bits per heavy atom. The fourth-order valence-electron chi connectivity index (χ4n) is 4.51. The van der Waals surface area contributed by atoms with E-state index >= 15 is 0 Å². The number of fused-ring (bicyclic) bond motifs is 1. The summed E-state index contributed by atoms with van der Waals surface area (Å²) in [5, 5.41) is 7.10. The summed E-state index contributed by atoms with van der Waals surface area (Å²) in [5.41, 5.74) is 3.31. The first kappa shape index (κ1) is 31.4. The van der Waals surface area contributed by atoms with E-state index < -0.39 is 11.7 Å². The van der Waals surface area contributed by atoms with Crippen molar-refractivity contribution in [2.24, 2.45) is 0 Å². The van der Waals surface area contributed by atoms with E-state index in [1.54, 1.807) is 34.0 Å². The van der Waals surface area contributed by atoms with Crippen molar-refractivity contribution in [1.82, 2.24) is 20.2 Å². The topological polar surface area (TPSA) is 85.4 Å². The van der Waals surface area contributed by atoms with Crippen LogP contribution in [0.25, 0.3) is 0 Å². The third kappa shape index (κ3) is 8.43. The molecule has 218 valence electrons. The van der Waals surface area contributed by atoms with Crippen LogP contribution in [0.4, 0.5) is 10.5 Å². The Bertz CT molecular complexity index is 1190. The number of hydrogen-bond donors (Lipinski definition) is 1. The zero-order chi connectivity index (χ0) is 29.6. The van der Waals surface area contributed by atoms with Gasteiger partial charge in [-0.2, -0.15) is 0 Å². The number of nitrogens with one attached hydrogen (secondary N) is 1. The van der Waals surface area contributed by atoms with Crippen molar-refractivity contribution >= 4 is 35.2 Å². The van der Waals surface area contributed by atoms with Crippen LogP contribution in [-0.2, 0) is 27.4 Å². The molecule has 10 heteroatoms. The number of aryl methyl sites for hydroxylation is 1. The predicted octanol–water partition coefficient (Wildman–Crippen LogP) is 4.61. The maximum Gasteiger partial charge on any atom is 0.410 e. The lowest BCUT2D eigenvalue weighted by Gasteiger charge is -2.33. The minimum Gasteiger partial charge on any atom is -0.444 e. The molecule has 40 heavy (non-hydrogen) atoms. The second-order valence-corrected chi connectivity index (χ2v) is 11.8. The van der Waals surface area contributed by atoms with Crippen LogP contribution in [0.1, 0.15) is 51.3 Å². The molecule has 1 aliphatic rings. The Balaban J connectivity index is 1.65. The third-order valence-electron chi connectivity index (χ3n) is 6.74. The molecule has 1 heterocycles. The molecular weight excluding hydrogens is 530 g/mol. The molecule has 0 aromatic heterocycles. The van der Waals surface area contributed by atoms with Crippen LogP contribution in [0, 0.1) is 6.92 Å². The highest BCUT2D eigenvalue weighted by atomic mass is 35.5. The largest absolute Gasteiger partial charge is 0.444 e. The first-order valence-corrected chi connectivity index (χ1v) is 14.0. The van der Waals surface area contributed by atoms with Crippen LogP contribution in [0.15, 0.2) is 42.5 Å². The molecule has 0 saturated heterocycles.